The molecule has 0 N–H and O–H groups in total. The molecule has 0 amide bonds. The van der Waals surface area contributed by atoms with Crippen molar-refractivity contribution in [3.05, 3.63) is 0 Å². The molecule has 1 saturated carbocycles. The molecule has 0 aromatic rings. The van der Waals surface area contributed by atoms with Crippen LogP contribution in [0.2, 0.25) is 0 Å². The maximum absolute atomic E-state index is 2.52. The van der Waals surface area contributed by atoms with Gasteiger partial charge < -0.3 is 0 Å². The Morgan fingerprint density at radius 3 is 2.19 bits per heavy atom. The SMILES string of the molecule is CCCCC1C(C)CCC(CC)C(C)C1C. The molecule has 1 fully saturated rings. The number of hydrogen-bond donors (Lipinski definition) is 0. The van der Waals surface area contributed by atoms with Gasteiger partial charge in [0.05, 0.1) is 0 Å². The molecule has 1 aliphatic rings. The van der Waals surface area contributed by atoms with E-state index >= 15 is 0 Å². The van der Waals surface area contributed by atoms with Gasteiger partial charge in [-0.25, -0.2) is 0 Å². The summed E-state index contributed by atoms with van der Waals surface area (Å²) in [7, 11) is 0. The van der Waals surface area contributed by atoms with Gasteiger partial charge in [0.15, 0.2) is 0 Å². The highest BCUT2D eigenvalue weighted by atomic mass is 14.4. The van der Waals surface area contributed by atoms with Crippen molar-refractivity contribution in [2.24, 2.45) is 29.6 Å². The van der Waals surface area contributed by atoms with Gasteiger partial charge in [-0.3, -0.25) is 0 Å². The Morgan fingerprint density at radius 2 is 1.62 bits per heavy atom. The molecule has 16 heavy (non-hydrogen) atoms. The smallest absolute Gasteiger partial charge is 0.0360 e. The zero-order chi connectivity index (χ0) is 12.1. The lowest BCUT2D eigenvalue weighted by molar-refractivity contribution is 0.172. The Hall–Kier alpha value is 0. The fourth-order valence-corrected chi connectivity index (χ4v) is 3.85. The summed E-state index contributed by atoms with van der Waals surface area (Å²) >= 11 is 0. The van der Waals surface area contributed by atoms with Crippen LogP contribution in [0.4, 0.5) is 0 Å². The minimum atomic E-state index is 0.939. The molecular formula is C16H32. The molecule has 1 rings (SSSR count). The van der Waals surface area contributed by atoms with E-state index in [9.17, 15) is 0 Å². The molecular weight excluding hydrogens is 192 g/mol. The summed E-state index contributed by atoms with van der Waals surface area (Å²) < 4.78 is 0. The van der Waals surface area contributed by atoms with Gasteiger partial charge in [0, 0.05) is 0 Å². The monoisotopic (exact) mass is 224 g/mol. The van der Waals surface area contributed by atoms with E-state index in [-0.39, 0.29) is 0 Å². The lowest BCUT2D eigenvalue weighted by atomic mass is 9.73. The Balaban J connectivity index is 2.67. The standard InChI is InChI=1S/C16H32/c1-6-8-9-16-12(3)10-11-15(7-2)13(4)14(16)5/h12-16H,6-11H2,1-5H3. The van der Waals surface area contributed by atoms with Crippen molar-refractivity contribution < 1.29 is 0 Å². The summed E-state index contributed by atoms with van der Waals surface area (Å²) in [5.41, 5.74) is 0. The zero-order valence-electron chi connectivity index (χ0n) is 12.1. The van der Waals surface area contributed by atoms with E-state index in [2.05, 4.69) is 34.6 Å². The van der Waals surface area contributed by atoms with Gasteiger partial charge in [0.25, 0.3) is 0 Å². The van der Waals surface area contributed by atoms with Gasteiger partial charge in [0.1, 0.15) is 0 Å². The molecule has 0 bridgehead atoms. The van der Waals surface area contributed by atoms with E-state index in [0.717, 1.165) is 29.6 Å². The van der Waals surface area contributed by atoms with Crippen LogP contribution < -0.4 is 0 Å². The molecule has 5 atom stereocenters. The summed E-state index contributed by atoms with van der Waals surface area (Å²) in [6.07, 6.45) is 8.61. The molecule has 0 radical (unpaired) electrons. The second kappa shape index (κ2) is 6.67. The zero-order valence-corrected chi connectivity index (χ0v) is 12.1. The highest BCUT2D eigenvalue weighted by Crippen LogP contribution is 2.42. The first kappa shape index (κ1) is 14.1. The molecule has 0 nitrogen and oxygen atoms in total. The van der Waals surface area contributed by atoms with Crippen molar-refractivity contribution in [1.29, 1.82) is 0 Å². The van der Waals surface area contributed by atoms with Crippen molar-refractivity contribution in [3.8, 4) is 0 Å². The minimum Gasteiger partial charge on any atom is -0.0654 e. The van der Waals surface area contributed by atoms with Crippen molar-refractivity contribution in [1.82, 2.24) is 0 Å². The average Bonchev–Trinajstić information content (AvgIpc) is 2.38. The molecule has 0 heteroatoms. The number of rotatable bonds is 4. The topological polar surface area (TPSA) is 0 Å². The van der Waals surface area contributed by atoms with Gasteiger partial charge >= 0.3 is 0 Å². The van der Waals surface area contributed by atoms with Gasteiger partial charge in [-0.1, -0.05) is 60.3 Å². The first-order valence-corrected chi connectivity index (χ1v) is 7.61. The van der Waals surface area contributed by atoms with E-state index in [1.54, 1.807) is 0 Å². The van der Waals surface area contributed by atoms with Gasteiger partial charge in [-0.2, -0.15) is 0 Å². The van der Waals surface area contributed by atoms with Crippen molar-refractivity contribution in [2.75, 3.05) is 0 Å². The maximum atomic E-state index is 2.52. The second-order valence-corrected chi connectivity index (χ2v) is 6.25. The van der Waals surface area contributed by atoms with Crippen LogP contribution in [0, 0.1) is 29.6 Å². The van der Waals surface area contributed by atoms with Crippen LogP contribution in [-0.4, -0.2) is 0 Å². The highest BCUT2D eigenvalue weighted by Gasteiger charge is 2.33. The van der Waals surface area contributed by atoms with Crippen LogP contribution >= 0.6 is 0 Å². The van der Waals surface area contributed by atoms with E-state index in [4.69, 9.17) is 0 Å². The van der Waals surface area contributed by atoms with Crippen LogP contribution in [0.1, 0.15) is 73.1 Å². The van der Waals surface area contributed by atoms with Crippen molar-refractivity contribution in [2.45, 2.75) is 73.1 Å². The predicted octanol–water partition coefficient (Wildman–Crippen LogP) is 5.52. The molecule has 1 aliphatic carbocycles. The predicted molar refractivity (Wildman–Crippen MR) is 73.5 cm³/mol. The molecule has 0 saturated heterocycles. The van der Waals surface area contributed by atoms with Crippen LogP contribution in [0.3, 0.4) is 0 Å². The Bertz CT molecular complexity index is 184. The van der Waals surface area contributed by atoms with Crippen LogP contribution in [0.5, 0.6) is 0 Å². The summed E-state index contributed by atoms with van der Waals surface area (Å²) in [5, 5.41) is 0. The van der Waals surface area contributed by atoms with Crippen LogP contribution in [0.25, 0.3) is 0 Å². The fraction of sp³-hybridized carbons (Fsp3) is 1.00. The molecule has 0 aromatic heterocycles. The summed E-state index contributed by atoms with van der Waals surface area (Å²) in [4.78, 5) is 0. The quantitative estimate of drug-likeness (QED) is 0.551. The van der Waals surface area contributed by atoms with Crippen LogP contribution in [-0.2, 0) is 0 Å². The van der Waals surface area contributed by atoms with Crippen molar-refractivity contribution >= 4 is 0 Å². The molecule has 5 unspecified atom stereocenters. The third kappa shape index (κ3) is 3.25. The lowest BCUT2D eigenvalue weighted by Crippen LogP contribution is -2.24. The third-order valence-corrected chi connectivity index (χ3v) is 5.39. The first-order valence-electron chi connectivity index (χ1n) is 7.61. The lowest BCUT2D eigenvalue weighted by Gasteiger charge is -2.32. The normalized spacial score (nSPS) is 40.7. The van der Waals surface area contributed by atoms with E-state index in [0.29, 0.717) is 0 Å². The Labute approximate surface area is 103 Å². The minimum absolute atomic E-state index is 0.939. The largest absolute Gasteiger partial charge is 0.0654 e. The molecule has 0 aromatic carbocycles. The van der Waals surface area contributed by atoms with E-state index in [1.165, 1.54) is 38.5 Å². The summed E-state index contributed by atoms with van der Waals surface area (Å²) in [6, 6.07) is 0. The van der Waals surface area contributed by atoms with E-state index in [1.807, 2.05) is 0 Å². The third-order valence-electron chi connectivity index (χ3n) is 5.39. The summed E-state index contributed by atoms with van der Waals surface area (Å²) in [5.74, 6) is 4.82. The Kier molecular flexibility index (Phi) is 5.86. The van der Waals surface area contributed by atoms with E-state index < -0.39 is 0 Å². The maximum Gasteiger partial charge on any atom is -0.0360 e. The molecule has 0 aliphatic heterocycles. The highest BCUT2D eigenvalue weighted by molar-refractivity contribution is 4.83. The molecule has 0 heterocycles. The van der Waals surface area contributed by atoms with Gasteiger partial charge in [0.2, 0.25) is 0 Å². The first-order chi connectivity index (χ1) is 7.61. The average molecular weight is 224 g/mol. The number of unbranched alkanes of at least 4 members (excludes halogenated alkanes) is 1. The molecule has 0 spiro atoms. The number of hydrogen-bond acceptors (Lipinski definition) is 0. The second-order valence-electron chi connectivity index (χ2n) is 6.25. The Morgan fingerprint density at radius 1 is 0.938 bits per heavy atom. The summed E-state index contributed by atoms with van der Waals surface area (Å²) in [6.45, 7) is 12.2. The van der Waals surface area contributed by atoms with Crippen LogP contribution in [0.15, 0.2) is 0 Å². The fourth-order valence-electron chi connectivity index (χ4n) is 3.85. The van der Waals surface area contributed by atoms with Crippen molar-refractivity contribution in [3.63, 3.8) is 0 Å². The molecule has 96 valence electrons. The van der Waals surface area contributed by atoms with Gasteiger partial charge in [-0.15, -0.1) is 0 Å². The van der Waals surface area contributed by atoms with Gasteiger partial charge in [-0.05, 0) is 42.4 Å².